The van der Waals surface area contributed by atoms with E-state index in [1.807, 2.05) is 55.8 Å². The van der Waals surface area contributed by atoms with E-state index in [1.54, 1.807) is 0 Å². The number of aliphatic imine (C=N–C) groups is 1. The average Bonchev–Trinajstić information content (AvgIpc) is 3.28. The van der Waals surface area contributed by atoms with Crippen LogP contribution in [0.3, 0.4) is 0 Å². The fourth-order valence-electron chi connectivity index (χ4n) is 3.95. The standard InChI is InChI=1S/C22H31F3N6.HI/c1-4-26-21(27-12-18-9-10-30(14-18)15-22(23,24)25)28-13-19-7-5-6-8-20(19)31-17(3)11-16(2)29-31;/h5-8,11,18H,4,9-10,12-15H2,1-3H3,(H2,26,27,28);1H. The van der Waals surface area contributed by atoms with Crippen LogP contribution in [0, 0.1) is 19.8 Å². The van der Waals surface area contributed by atoms with E-state index in [4.69, 9.17) is 4.99 Å². The maximum absolute atomic E-state index is 12.6. The molecular weight excluding hydrogens is 532 g/mol. The molecule has 1 atom stereocenters. The van der Waals surface area contributed by atoms with Crippen molar-refractivity contribution in [3.63, 3.8) is 0 Å². The highest BCUT2D eigenvalue weighted by atomic mass is 127. The van der Waals surface area contributed by atoms with Crippen LogP contribution in [-0.2, 0) is 6.54 Å². The smallest absolute Gasteiger partial charge is 0.357 e. The highest BCUT2D eigenvalue weighted by Crippen LogP contribution is 2.22. The van der Waals surface area contributed by atoms with Crippen LogP contribution in [0.5, 0.6) is 0 Å². The molecule has 6 nitrogen and oxygen atoms in total. The van der Waals surface area contributed by atoms with Crippen LogP contribution in [-0.4, -0.2) is 59.5 Å². The maximum Gasteiger partial charge on any atom is 0.401 e. The van der Waals surface area contributed by atoms with Crippen molar-refractivity contribution in [1.82, 2.24) is 25.3 Å². The molecule has 1 aromatic heterocycles. The van der Waals surface area contributed by atoms with Crippen molar-refractivity contribution in [1.29, 1.82) is 0 Å². The van der Waals surface area contributed by atoms with Crippen LogP contribution in [0.15, 0.2) is 35.3 Å². The molecule has 178 valence electrons. The monoisotopic (exact) mass is 564 g/mol. The number of alkyl halides is 3. The molecule has 0 amide bonds. The van der Waals surface area contributed by atoms with Gasteiger partial charge in [-0.1, -0.05) is 18.2 Å². The van der Waals surface area contributed by atoms with Gasteiger partial charge in [-0.2, -0.15) is 18.3 Å². The summed E-state index contributed by atoms with van der Waals surface area (Å²) in [5, 5.41) is 11.1. The Bertz CT molecular complexity index is 896. The Morgan fingerprint density at radius 3 is 2.62 bits per heavy atom. The van der Waals surface area contributed by atoms with Crippen molar-refractivity contribution in [2.75, 3.05) is 32.7 Å². The van der Waals surface area contributed by atoms with Crippen LogP contribution in [0.1, 0.15) is 30.3 Å². The quantitative estimate of drug-likeness (QED) is 0.303. The molecule has 3 rings (SSSR count). The van der Waals surface area contributed by atoms with Gasteiger partial charge in [-0.3, -0.25) is 4.90 Å². The molecule has 1 aliphatic rings. The molecule has 0 bridgehead atoms. The predicted octanol–water partition coefficient (Wildman–Crippen LogP) is 4.05. The number of hydrogen-bond donors (Lipinski definition) is 2. The van der Waals surface area contributed by atoms with Crippen molar-refractivity contribution >= 4 is 29.9 Å². The summed E-state index contributed by atoms with van der Waals surface area (Å²) in [5.74, 6) is 0.841. The number of aryl methyl sites for hydroxylation is 2. The van der Waals surface area contributed by atoms with E-state index in [0.717, 1.165) is 29.1 Å². The largest absolute Gasteiger partial charge is 0.401 e. The molecule has 0 spiro atoms. The van der Waals surface area contributed by atoms with Gasteiger partial charge in [0.25, 0.3) is 0 Å². The van der Waals surface area contributed by atoms with Gasteiger partial charge in [0, 0.05) is 25.3 Å². The summed E-state index contributed by atoms with van der Waals surface area (Å²) in [6.45, 7) is 7.85. The van der Waals surface area contributed by atoms with Crippen LogP contribution in [0.25, 0.3) is 5.69 Å². The summed E-state index contributed by atoms with van der Waals surface area (Å²) in [4.78, 5) is 6.18. The van der Waals surface area contributed by atoms with Crippen molar-refractivity contribution in [3.8, 4) is 5.69 Å². The van der Waals surface area contributed by atoms with Gasteiger partial charge in [0.15, 0.2) is 5.96 Å². The van der Waals surface area contributed by atoms with Gasteiger partial charge in [0.1, 0.15) is 0 Å². The first-order valence-corrected chi connectivity index (χ1v) is 10.7. The number of hydrogen-bond acceptors (Lipinski definition) is 3. The maximum atomic E-state index is 12.6. The van der Waals surface area contributed by atoms with Gasteiger partial charge in [0.2, 0.25) is 0 Å². The van der Waals surface area contributed by atoms with E-state index >= 15 is 0 Å². The SMILES string of the molecule is CCNC(=NCc1ccccc1-n1nc(C)cc1C)NCC1CCN(CC(F)(F)F)C1.I. The van der Waals surface area contributed by atoms with Gasteiger partial charge in [-0.25, -0.2) is 9.67 Å². The fourth-order valence-corrected chi connectivity index (χ4v) is 3.95. The van der Waals surface area contributed by atoms with Crippen molar-refractivity contribution in [2.24, 2.45) is 10.9 Å². The highest BCUT2D eigenvalue weighted by molar-refractivity contribution is 14.0. The molecular formula is C22H32F3IN6. The third kappa shape index (κ3) is 7.65. The first-order valence-electron chi connectivity index (χ1n) is 10.7. The summed E-state index contributed by atoms with van der Waals surface area (Å²) in [5.41, 5.74) is 4.06. The number of aromatic nitrogens is 2. The van der Waals surface area contributed by atoms with Crippen molar-refractivity contribution in [3.05, 3.63) is 47.3 Å². The minimum atomic E-state index is -4.14. The minimum absolute atomic E-state index is 0. The first kappa shape index (κ1) is 26.4. The van der Waals surface area contributed by atoms with Crippen molar-refractivity contribution < 1.29 is 13.2 Å². The number of benzene rings is 1. The number of para-hydroxylation sites is 1. The van der Waals surface area contributed by atoms with E-state index in [2.05, 4.69) is 15.7 Å². The summed E-state index contributed by atoms with van der Waals surface area (Å²) in [7, 11) is 0. The zero-order valence-electron chi connectivity index (χ0n) is 18.7. The van der Waals surface area contributed by atoms with Crippen molar-refractivity contribution in [2.45, 2.75) is 39.9 Å². The fraction of sp³-hybridized carbons (Fsp3) is 0.545. The lowest BCUT2D eigenvalue weighted by atomic mass is 10.1. The Hall–Kier alpha value is -1.82. The zero-order valence-corrected chi connectivity index (χ0v) is 21.1. The Kier molecular flexibility index (Phi) is 9.81. The molecule has 1 aromatic carbocycles. The molecule has 0 saturated carbocycles. The number of nitrogens with one attached hydrogen (secondary N) is 2. The second-order valence-electron chi connectivity index (χ2n) is 8.05. The number of likely N-dealkylation sites (tertiary alicyclic amines) is 1. The number of nitrogens with zero attached hydrogens (tertiary/aromatic N) is 4. The lowest BCUT2D eigenvalue weighted by molar-refractivity contribution is -0.143. The zero-order chi connectivity index (χ0) is 22.4. The van der Waals surface area contributed by atoms with Crippen LogP contribution < -0.4 is 10.6 Å². The van der Waals surface area contributed by atoms with E-state index in [1.165, 1.54) is 4.90 Å². The Morgan fingerprint density at radius 2 is 1.97 bits per heavy atom. The lowest BCUT2D eigenvalue weighted by Gasteiger charge is -2.19. The Morgan fingerprint density at radius 1 is 1.22 bits per heavy atom. The highest BCUT2D eigenvalue weighted by Gasteiger charge is 2.34. The molecule has 10 heteroatoms. The van der Waals surface area contributed by atoms with E-state index < -0.39 is 12.7 Å². The second-order valence-corrected chi connectivity index (χ2v) is 8.05. The van der Waals surface area contributed by atoms with Gasteiger partial charge < -0.3 is 10.6 Å². The molecule has 2 N–H and O–H groups in total. The van der Waals surface area contributed by atoms with Crippen LogP contribution in [0.4, 0.5) is 13.2 Å². The third-order valence-electron chi connectivity index (χ3n) is 5.31. The lowest BCUT2D eigenvalue weighted by Crippen LogP contribution is -2.40. The Labute approximate surface area is 204 Å². The topological polar surface area (TPSA) is 57.5 Å². The van der Waals surface area contributed by atoms with Crippen LogP contribution in [0.2, 0.25) is 0 Å². The van der Waals surface area contributed by atoms with Gasteiger partial charge in [-0.05, 0) is 57.4 Å². The summed E-state index contributed by atoms with van der Waals surface area (Å²) < 4.78 is 39.7. The molecule has 2 heterocycles. The molecule has 1 unspecified atom stereocenters. The molecule has 1 aliphatic heterocycles. The Balaban J connectivity index is 0.00000363. The third-order valence-corrected chi connectivity index (χ3v) is 5.31. The van der Waals surface area contributed by atoms with Gasteiger partial charge in [0.05, 0.1) is 24.5 Å². The van der Waals surface area contributed by atoms with E-state index in [-0.39, 0.29) is 29.9 Å². The molecule has 1 fully saturated rings. The predicted molar refractivity (Wildman–Crippen MR) is 132 cm³/mol. The van der Waals surface area contributed by atoms with Crippen LogP contribution >= 0.6 is 24.0 Å². The summed E-state index contributed by atoms with van der Waals surface area (Å²) >= 11 is 0. The first-order chi connectivity index (χ1) is 14.7. The molecule has 1 saturated heterocycles. The molecule has 32 heavy (non-hydrogen) atoms. The van der Waals surface area contributed by atoms with E-state index in [9.17, 15) is 13.2 Å². The molecule has 0 aliphatic carbocycles. The number of halogens is 4. The normalized spacial score (nSPS) is 17.3. The van der Waals surface area contributed by atoms with Gasteiger partial charge >= 0.3 is 6.18 Å². The second kappa shape index (κ2) is 11.9. The molecule has 0 radical (unpaired) electrons. The minimum Gasteiger partial charge on any atom is -0.357 e. The number of guanidine groups is 1. The van der Waals surface area contributed by atoms with Gasteiger partial charge in [-0.15, -0.1) is 24.0 Å². The van der Waals surface area contributed by atoms with E-state index in [0.29, 0.717) is 38.7 Å². The summed E-state index contributed by atoms with van der Waals surface area (Å²) in [6.07, 6.45) is -3.39. The summed E-state index contributed by atoms with van der Waals surface area (Å²) in [6, 6.07) is 10.1. The number of rotatable bonds is 7. The average molecular weight is 564 g/mol. The molecule has 2 aromatic rings.